The van der Waals surface area contributed by atoms with E-state index in [4.69, 9.17) is 14.5 Å². The van der Waals surface area contributed by atoms with Crippen LogP contribution >= 0.6 is 0 Å². The van der Waals surface area contributed by atoms with E-state index in [1.54, 1.807) is 9.80 Å². The minimum absolute atomic E-state index is 0.0567. The molecule has 1 unspecified atom stereocenters. The van der Waals surface area contributed by atoms with E-state index in [1.807, 2.05) is 26.8 Å². The van der Waals surface area contributed by atoms with E-state index in [-0.39, 0.29) is 24.5 Å². The van der Waals surface area contributed by atoms with Crippen molar-refractivity contribution in [2.24, 2.45) is 0 Å². The molecular weight excluding hydrogens is 346 g/mol. The first-order valence-corrected chi connectivity index (χ1v) is 9.55. The zero-order chi connectivity index (χ0) is 19.6. The molecular formula is C20H29N3O4. The molecule has 2 amide bonds. The maximum atomic E-state index is 12.4. The minimum Gasteiger partial charge on any atom is -0.444 e. The Morgan fingerprint density at radius 1 is 1.26 bits per heavy atom. The largest absolute Gasteiger partial charge is 0.444 e. The molecule has 0 aromatic carbocycles. The summed E-state index contributed by atoms with van der Waals surface area (Å²) >= 11 is 0. The second-order valence-corrected chi connectivity index (χ2v) is 8.21. The highest BCUT2D eigenvalue weighted by atomic mass is 16.6. The monoisotopic (exact) mass is 375 g/mol. The van der Waals surface area contributed by atoms with Gasteiger partial charge in [-0.1, -0.05) is 6.07 Å². The van der Waals surface area contributed by atoms with Gasteiger partial charge in [0.25, 0.3) is 5.91 Å². The predicted molar refractivity (Wildman–Crippen MR) is 102 cm³/mol. The molecule has 0 aliphatic carbocycles. The highest BCUT2D eigenvalue weighted by Crippen LogP contribution is 2.32. The van der Waals surface area contributed by atoms with Crippen molar-refractivity contribution in [3.63, 3.8) is 0 Å². The molecule has 2 aliphatic heterocycles. The van der Waals surface area contributed by atoms with Gasteiger partial charge in [0.05, 0.1) is 0 Å². The van der Waals surface area contributed by atoms with Crippen molar-refractivity contribution in [1.29, 1.82) is 0 Å². The lowest BCUT2D eigenvalue weighted by molar-refractivity contribution is -0.122. The van der Waals surface area contributed by atoms with Crippen LogP contribution in [-0.2, 0) is 20.7 Å². The van der Waals surface area contributed by atoms with Gasteiger partial charge >= 0.3 is 6.09 Å². The number of hydrogen-bond acceptors (Lipinski definition) is 5. The Bertz CT molecular complexity index is 714. The Balaban J connectivity index is 1.74. The number of methoxy groups -OCH3 is 1. The van der Waals surface area contributed by atoms with Gasteiger partial charge in [0.15, 0.2) is 0 Å². The van der Waals surface area contributed by atoms with Crippen molar-refractivity contribution in [2.75, 3.05) is 38.3 Å². The summed E-state index contributed by atoms with van der Waals surface area (Å²) in [5.41, 5.74) is 1.52. The van der Waals surface area contributed by atoms with Crippen LogP contribution in [0.2, 0.25) is 0 Å². The molecule has 0 spiro atoms. The van der Waals surface area contributed by atoms with Gasteiger partial charge in [-0.2, -0.15) is 0 Å². The first-order valence-electron chi connectivity index (χ1n) is 9.55. The Labute approximate surface area is 160 Å². The van der Waals surface area contributed by atoms with Crippen LogP contribution in [0.1, 0.15) is 50.8 Å². The van der Waals surface area contributed by atoms with E-state index in [2.05, 4.69) is 6.07 Å². The van der Waals surface area contributed by atoms with Crippen molar-refractivity contribution in [3.05, 3.63) is 23.4 Å². The fraction of sp³-hybridized carbons (Fsp3) is 0.650. The van der Waals surface area contributed by atoms with Gasteiger partial charge in [-0.05, 0) is 51.7 Å². The summed E-state index contributed by atoms with van der Waals surface area (Å²) in [6, 6.07) is 4.10. The summed E-state index contributed by atoms with van der Waals surface area (Å²) in [6.45, 7) is 7.58. The second-order valence-electron chi connectivity index (χ2n) is 8.21. The molecule has 7 nitrogen and oxygen atoms in total. The fourth-order valence-corrected chi connectivity index (χ4v) is 3.62. The van der Waals surface area contributed by atoms with E-state index < -0.39 is 5.60 Å². The molecule has 1 fully saturated rings. The summed E-state index contributed by atoms with van der Waals surface area (Å²) in [4.78, 5) is 32.9. The third kappa shape index (κ3) is 4.58. The summed E-state index contributed by atoms with van der Waals surface area (Å²) < 4.78 is 10.5. The third-order valence-electron chi connectivity index (χ3n) is 4.89. The number of hydrogen-bond donors (Lipinski definition) is 0. The first kappa shape index (κ1) is 19.6. The number of rotatable bonds is 3. The molecule has 0 N–H and O–H groups in total. The molecule has 3 heterocycles. The van der Waals surface area contributed by atoms with Gasteiger partial charge in [-0.25, -0.2) is 9.78 Å². The van der Waals surface area contributed by atoms with E-state index in [0.29, 0.717) is 19.6 Å². The van der Waals surface area contributed by atoms with Crippen LogP contribution in [0.4, 0.5) is 10.6 Å². The third-order valence-corrected chi connectivity index (χ3v) is 4.89. The van der Waals surface area contributed by atoms with Gasteiger partial charge in [-0.15, -0.1) is 0 Å². The van der Waals surface area contributed by atoms with Crippen molar-refractivity contribution in [3.8, 4) is 0 Å². The van der Waals surface area contributed by atoms with Crippen LogP contribution in [0.5, 0.6) is 0 Å². The standard InChI is InChI=1S/C20H29N3O4/c1-20(2,3)27-19(25)22-11-9-15(12-22)16-8-7-14-6-5-10-23(18(14)21-16)17(24)13-26-4/h7-8,15H,5-6,9-13H2,1-4H3. The number of amides is 2. The lowest BCUT2D eigenvalue weighted by Gasteiger charge is -2.29. The van der Waals surface area contributed by atoms with Gasteiger partial charge < -0.3 is 14.4 Å². The molecule has 1 saturated heterocycles. The smallest absolute Gasteiger partial charge is 0.410 e. The molecule has 27 heavy (non-hydrogen) atoms. The summed E-state index contributed by atoms with van der Waals surface area (Å²) in [5, 5.41) is 0. The number of carbonyl (C=O) groups is 2. The van der Waals surface area contributed by atoms with Crippen LogP contribution < -0.4 is 4.90 Å². The molecule has 0 radical (unpaired) electrons. The molecule has 0 bridgehead atoms. The van der Waals surface area contributed by atoms with Crippen molar-refractivity contribution < 1.29 is 19.1 Å². The molecule has 0 saturated carbocycles. The fourth-order valence-electron chi connectivity index (χ4n) is 3.62. The Morgan fingerprint density at radius 3 is 2.74 bits per heavy atom. The average Bonchev–Trinajstić information content (AvgIpc) is 3.10. The van der Waals surface area contributed by atoms with Crippen LogP contribution in [0.25, 0.3) is 0 Å². The minimum atomic E-state index is -0.499. The van der Waals surface area contributed by atoms with Gasteiger partial charge in [-0.3, -0.25) is 9.69 Å². The maximum Gasteiger partial charge on any atom is 0.410 e. The number of nitrogens with zero attached hydrogens (tertiary/aromatic N) is 3. The number of aryl methyl sites for hydroxylation is 1. The number of likely N-dealkylation sites (tertiary alicyclic amines) is 1. The average molecular weight is 375 g/mol. The second kappa shape index (κ2) is 7.84. The molecule has 1 aromatic heterocycles. The van der Waals surface area contributed by atoms with Gasteiger partial charge in [0.2, 0.25) is 0 Å². The zero-order valence-corrected chi connectivity index (χ0v) is 16.7. The molecule has 3 rings (SSSR count). The Morgan fingerprint density at radius 2 is 2.04 bits per heavy atom. The van der Waals surface area contributed by atoms with Crippen molar-refractivity contribution in [1.82, 2.24) is 9.88 Å². The number of aromatic nitrogens is 1. The summed E-state index contributed by atoms with van der Waals surface area (Å²) in [7, 11) is 1.52. The van der Waals surface area contributed by atoms with E-state index in [9.17, 15) is 9.59 Å². The van der Waals surface area contributed by atoms with Gasteiger partial charge in [0, 0.05) is 38.4 Å². The van der Waals surface area contributed by atoms with Crippen LogP contribution in [0, 0.1) is 0 Å². The van der Waals surface area contributed by atoms with Crippen LogP contribution in [-0.4, -0.2) is 60.8 Å². The Kier molecular flexibility index (Phi) is 5.69. The number of fused-ring (bicyclic) bond motifs is 1. The van der Waals surface area contributed by atoms with E-state index >= 15 is 0 Å². The van der Waals surface area contributed by atoms with Crippen molar-refractivity contribution in [2.45, 2.75) is 51.6 Å². The summed E-state index contributed by atoms with van der Waals surface area (Å²) in [6.07, 6.45) is 2.42. The Hall–Kier alpha value is -2.15. The van der Waals surface area contributed by atoms with E-state index in [0.717, 1.165) is 36.3 Å². The van der Waals surface area contributed by atoms with Crippen LogP contribution in [0.15, 0.2) is 12.1 Å². The van der Waals surface area contributed by atoms with Gasteiger partial charge in [0.1, 0.15) is 18.0 Å². The molecule has 148 valence electrons. The highest BCUT2D eigenvalue weighted by Gasteiger charge is 2.32. The highest BCUT2D eigenvalue weighted by molar-refractivity contribution is 5.94. The zero-order valence-electron chi connectivity index (χ0n) is 16.7. The molecule has 7 heteroatoms. The lowest BCUT2D eigenvalue weighted by Crippen LogP contribution is -2.38. The topological polar surface area (TPSA) is 72.0 Å². The molecule has 2 aliphatic rings. The normalized spacial score (nSPS) is 19.8. The first-order chi connectivity index (χ1) is 12.8. The number of carbonyl (C=O) groups excluding carboxylic acids is 2. The maximum absolute atomic E-state index is 12.4. The number of pyridine rings is 1. The molecule has 1 aromatic rings. The van der Waals surface area contributed by atoms with Crippen LogP contribution in [0.3, 0.4) is 0 Å². The predicted octanol–water partition coefficient (Wildman–Crippen LogP) is 2.73. The quantitative estimate of drug-likeness (QED) is 0.812. The number of anilines is 1. The lowest BCUT2D eigenvalue weighted by atomic mass is 10.00. The number of ether oxygens (including phenoxy) is 2. The SMILES string of the molecule is COCC(=O)N1CCCc2ccc(C3CCN(C(=O)OC(C)(C)C)C3)nc21. The molecule has 1 atom stereocenters. The van der Waals surface area contributed by atoms with E-state index in [1.165, 1.54) is 7.11 Å². The summed E-state index contributed by atoms with van der Waals surface area (Å²) in [5.74, 6) is 0.838. The van der Waals surface area contributed by atoms with Crippen molar-refractivity contribution >= 4 is 17.8 Å².